The predicted octanol–water partition coefficient (Wildman–Crippen LogP) is 0.209. The van der Waals surface area contributed by atoms with Gasteiger partial charge in [0.25, 0.3) is 0 Å². The summed E-state index contributed by atoms with van der Waals surface area (Å²) >= 11 is 0. The summed E-state index contributed by atoms with van der Waals surface area (Å²) in [6.07, 6.45) is 9.68. The van der Waals surface area contributed by atoms with E-state index >= 15 is 0 Å². The fraction of sp³-hybridized carbons (Fsp3) is 0.905. The van der Waals surface area contributed by atoms with E-state index in [0.717, 1.165) is 38.5 Å². The minimum Gasteiger partial charge on any atom is -0.870 e. The second-order valence-electron chi connectivity index (χ2n) is 9.61. The van der Waals surface area contributed by atoms with Crippen molar-refractivity contribution in [1.29, 1.82) is 0 Å². The molecule has 5 heteroatoms. The van der Waals surface area contributed by atoms with Gasteiger partial charge in [0.2, 0.25) is 0 Å². The third kappa shape index (κ3) is 3.52. The van der Waals surface area contributed by atoms with Crippen LogP contribution in [0.4, 0.5) is 0 Å². The largest absolute Gasteiger partial charge is 1.00 e. The first kappa shape index (κ1) is 23.6. The summed E-state index contributed by atoms with van der Waals surface area (Å²) in [7, 11) is 0. The Morgan fingerprint density at radius 2 is 1.81 bits per heavy atom. The van der Waals surface area contributed by atoms with Crippen LogP contribution in [0.25, 0.3) is 0 Å². The molecule has 0 heterocycles. The molecule has 0 saturated heterocycles. The van der Waals surface area contributed by atoms with E-state index in [9.17, 15) is 15.0 Å². The van der Waals surface area contributed by atoms with Crippen LogP contribution < -0.4 is 58.2 Å². The third-order valence-corrected chi connectivity index (χ3v) is 8.88. The quantitative estimate of drug-likeness (QED) is 0.607. The van der Waals surface area contributed by atoms with Crippen molar-refractivity contribution in [3.05, 3.63) is 6.92 Å². The molecule has 0 aromatic carbocycles. The Kier molecular flexibility index (Phi) is 7.83. The zero-order valence-electron chi connectivity index (χ0n) is 16.5. The Balaban J connectivity index is 0.00000121. The third-order valence-electron chi connectivity index (χ3n) is 8.88. The maximum Gasteiger partial charge on any atom is 1.00 e. The van der Waals surface area contributed by atoms with Gasteiger partial charge in [-0.15, -0.1) is 0 Å². The molecule has 4 aliphatic carbocycles. The number of Topliss-reactive ketones (excluding diaryl/α,β-unsaturated/α-hetero) is 1. The summed E-state index contributed by atoms with van der Waals surface area (Å²) in [6, 6.07) is 0. The molecule has 0 radical (unpaired) electrons. The Bertz CT molecular complexity index is 526. The van der Waals surface area contributed by atoms with Crippen molar-refractivity contribution in [2.75, 3.05) is 6.61 Å². The van der Waals surface area contributed by atoms with E-state index in [4.69, 9.17) is 6.92 Å². The number of carbonyl (C=O) groups is 1. The smallest absolute Gasteiger partial charge is 0.870 e. The Hall–Kier alpha value is 1.36. The number of ketones is 1. The molecule has 0 aromatic rings. The summed E-state index contributed by atoms with van der Waals surface area (Å²) < 4.78 is 0. The number of aliphatic hydroxyl groups is 2. The first-order valence-corrected chi connectivity index (χ1v) is 10.1. The fourth-order valence-corrected chi connectivity index (χ4v) is 7.65. The molecule has 0 spiro atoms. The molecule has 4 rings (SSSR count). The molecule has 8 atom stereocenters. The molecule has 0 aliphatic heterocycles. The molecular formula is C21H34O4Rb-. The van der Waals surface area contributed by atoms with Crippen LogP contribution in [0.1, 0.15) is 64.7 Å². The van der Waals surface area contributed by atoms with Gasteiger partial charge in [-0.3, -0.25) is 4.79 Å². The van der Waals surface area contributed by atoms with Crippen molar-refractivity contribution in [3.8, 4) is 0 Å². The maximum atomic E-state index is 12.3. The van der Waals surface area contributed by atoms with Crippen molar-refractivity contribution in [1.82, 2.24) is 0 Å². The van der Waals surface area contributed by atoms with Crippen molar-refractivity contribution in [3.63, 3.8) is 0 Å². The summed E-state index contributed by atoms with van der Waals surface area (Å²) in [4.78, 5) is 12.3. The topological polar surface area (TPSA) is 87.5 Å². The molecule has 0 aromatic heterocycles. The van der Waals surface area contributed by atoms with Crippen LogP contribution in [0.2, 0.25) is 0 Å². The van der Waals surface area contributed by atoms with E-state index in [-0.39, 0.29) is 98.9 Å². The standard InChI is InChI=1S/C21H33O3.H2O.Rb/c1-20-9-7-14(23)11-13(20)3-4-15-16-5-6-18(19(24)12-22)21(16,2)10-8-17(15)20;;/h13-18,22-23H,1,3-12H2,2H3;1H2;/q-1;;+1/p-1/t13-,14-,15+,16+,17+,18-,20+,21+;;/m1../s1. The van der Waals surface area contributed by atoms with Gasteiger partial charge in [-0.2, -0.15) is 5.41 Å². The van der Waals surface area contributed by atoms with Gasteiger partial charge in [0.05, 0.1) is 6.10 Å². The first-order valence-electron chi connectivity index (χ1n) is 10.1. The number of fused-ring (bicyclic) bond motifs is 5. The second-order valence-corrected chi connectivity index (χ2v) is 9.61. The molecular weight excluding hydrogens is 402 g/mol. The van der Waals surface area contributed by atoms with E-state index in [0.29, 0.717) is 23.7 Å². The van der Waals surface area contributed by atoms with Crippen molar-refractivity contribution >= 4 is 5.78 Å². The summed E-state index contributed by atoms with van der Waals surface area (Å²) in [5.41, 5.74) is 0.251. The number of rotatable bonds is 2. The minimum atomic E-state index is -0.291. The molecule has 144 valence electrons. The van der Waals surface area contributed by atoms with Gasteiger partial charge in [0.15, 0.2) is 5.78 Å². The van der Waals surface area contributed by atoms with Gasteiger partial charge in [-0.1, -0.05) is 38.0 Å². The molecule has 0 unspecified atom stereocenters. The van der Waals surface area contributed by atoms with E-state index in [1.807, 2.05) is 0 Å². The van der Waals surface area contributed by atoms with Crippen molar-refractivity contribution in [2.45, 2.75) is 70.8 Å². The van der Waals surface area contributed by atoms with Gasteiger partial charge in [-0.05, 0) is 55.8 Å². The Morgan fingerprint density at radius 1 is 1.08 bits per heavy atom. The molecule has 4 fully saturated rings. The first-order chi connectivity index (χ1) is 11.4. The molecule has 3 N–H and O–H groups in total. The van der Waals surface area contributed by atoms with E-state index in [1.54, 1.807) is 0 Å². The monoisotopic (exact) mass is 435 g/mol. The average molecular weight is 436 g/mol. The number of carbonyl (C=O) groups excluding carboxylic acids is 1. The van der Waals surface area contributed by atoms with Crippen molar-refractivity contribution in [2.24, 2.45) is 40.4 Å². The summed E-state index contributed by atoms with van der Waals surface area (Å²) in [6.45, 7) is 6.79. The predicted molar refractivity (Wildman–Crippen MR) is 94.9 cm³/mol. The average Bonchev–Trinajstić information content (AvgIpc) is 2.92. The molecule has 4 aliphatic rings. The van der Waals surface area contributed by atoms with Crippen LogP contribution >= 0.6 is 0 Å². The van der Waals surface area contributed by atoms with E-state index in [2.05, 4.69) is 6.92 Å². The minimum absolute atomic E-state index is 0. The zero-order chi connectivity index (χ0) is 17.1. The van der Waals surface area contributed by atoms with Crippen LogP contribution in [-0.4, -0.2) is 34.2 Å². The van der Waals surface area contributed by atoms with Crippen LogP contribution in [0.5, 0.6) is 0 Å². The van der Waals surface area contributed by atoms with Gasteiger partial charge in [0.1, 0.15) is 6.61 Å². The van der Waals surface area contributed by atoms with Crippen molar-refractivity contribution < 1.29 is 78.7 Å². The summed E-state index contributed by atoms with van der Waals surface area (Å²) in [5, 5.41) is 19.5. The van der Waals surface area contributed by atoms with E-state index in [1.165, 1.54) is 19.3 Å². The normalized spacial score (nSPS) is 49.7. The molecule has 4 saturated carbocycles. The van der Waals surface area contributed by atoms with Crippen LogP contribution in [0.3, 0.4) is 0 Å². The number of aliphatic hydroxyl groups excluding tert-OH is 2. The van der Waals surface area contributed by atoms with Gasteiger partial charge >= 0.3 is 58.2 Å². The molecule has 26 heavy (non-hydrogen) atoms. The SMILES string of the molecule is [CH2-][C@]12CC[C@@H](O)C[C@H]1CC[C@@H]1[C@@H]2CC[C@]2(C)[C@@H](C(=O)CO)CC[C@@H]12.[OH-].[Rb+]. The van der Waals surface area contributed by atoms with Gasteiger partial charge in [0, 0.05) is 5.92 Å². The van der Waals surface area contributed by atoms with Gasteiger partial charge in [-0.25, -0.2) is 0 Å². The fourth-order valence-electron chi connectivity index (χ4n) is 7.65. The number of hydrogen-bond donors (Lipinski definition) is 2. The van der Waals surface area contributed by atoms with Crippen LogP contribution in [0.15, 0.2) is 0 Å². The molecule has 0 amide bonds. The second kappa shape index (κ2) is 8.61. The maximum absolute atomic E-state index is 12.3. The zero-order valence-corrected chi connectivity index (χ0v) is 21.4. The number of hydrogen-bond acceptors (Lipinski definition) is 4. The van der Waals surface area contributed by atoms with Crippen LogP contribution in [0, 0.1) is 47.3 Å². The Morgan fingerprint density at radius 3 is 2.50 bits per heavy atom. The molecule has 4 nitrogen and oxygen atoms in total. The van der Waals surface area contributed by atoms with Gasteiger partial charge < -0.3 is 22.6 Å². The Labute approximate surface area is 207 Å². The van der Waals surface area contributed by atoms with Crippen LogP contribution in [-0.2, 0) is 4.79 Å². The molecule has 0 bridgehead atoms. The van der Waals surface area contributed by atoms with E-state index < -0.39 is 0 Å². The summed E-state index contributed by atoms with van der Waals surface area (Å²) in [5.74, 6) is 2.72.